The van der Waals surface area contributed by atoms with Crippen LogP contribution in [0.1, 0.15) is 44.7 Å². The zero-order valence-electron chi connectivity index (χ0n) is 16.4. The number of nitrogens with one attached hydrogen (secondary N) is 1. The van der Waals surface area contributed by atoms with Crippen LogP contribution in [0, 0.1) is 0 Å². The van der Waals surface area contributed by atoms with Gasteiger partial charge in [0.2, 0.25) is 0 Å². The number of benzene rings is 1. The molecule has 0 radical (unpaired) electrons. The van der Waals surface area contributed by atoms with Crippen LogP contribution in [0.3, 0.4) is 0 Å². The molecule has 0 bridgehead atoms. The Morgan fingerprint density at radius 2 is 1.69 bits per heavy atom. The van der Waals surface area contributed by atoms with E-state index < -0.39 is 53.7 Å². The summed E-state index contributed by atoms with van der Waals surface area (Å²) in [5.74, 6) is -1.98. The first-order chi connectivity index (χ1) is 13.2. The van der Waals surface area contributed by atoms with Crippen molar-refractivity contribution in [2.75, 3.05) is 0 Å². The summed E-state index contributed by atoms with van der Waals surface area (Å²) in [5.41, 5.74) is 4.28. The number of hydrogen-bond acceptors (Lipinski definition) is 5. The van der Waals surface area contributed by atoms with Crippen LogP contribution in [0.2, 0.25) is 0 Å². The van der Waals surface area contributed by atoms with Gasteiger partial charge in [-0.25, -0.2) is 4.79 Å². The number of aliphatic carboxylic acids is 1. The van der Waals surface area contributed by atoms with Gasteiger partial charge >= 0.3 is 18.2 Å². The first kappa shape index (κ1) is 24.4. The Hall–Kier alpha value is -2.62. The third-order valence-electron chi connectivity index (χ3n) is 3.82. The SMILES string of the molecule is CC(C)(C)OC(=O)NC(CCc1ccc(C(F)(F)F)cc1)C(=O)C[C@H](N)C(=O)O. The summed E-state index contributed by atoms with van der Waals surface area (Å²) in [5, 5.41) is 11.3. The second-order valence-corrected chi connectivity index (χ2v) is 7.55. The van der Waals surface area contributed by atoms with E-state index in [9.17, 15) is 27.6 Å². The summed E-state index contributed by atoms with van der Waals surface area (Å²) in [7, 11) is 0. The Morgan fingerprint density at radius 1 is 1.14 bits per heavy atom. The highest BCUT2D eigenvalue weighted by molar-refractivity contribution is 5.91. The molecule has 0 aromatic heterocycles. The number of aryl methyl sites for hydroxylation is 1. The molecule has 0 spiro atoms. The number of ether oxygens (including phenoxy) is 1. The minimum absolute atomic E-state index is 0.0375. The lowest BCUT2D eigenvalue weighted by molar-refractivity contribution is -0.140. The van der Waals surface area contributed by atoms with Gasteiger partial charge in [0.15, 0.2) is 5.78 Å². The molecule has 0 saturated heterocycles. The fourth-order valence-electron chi connectivity index (χ4n) is 2.38. The maximum absolute atomic E-state index is 12.6. The molecule has 2 atom stereocenters. The van der Waals surface area contributed by atoms with Crippen LogP contribution >= 0.6 is 0 Å². The quantitative estimate of drug-likeness (QED) is 0.597. The second kappa shape index (κ2) is 9.73. The van der Waals surface area contributed by atoms with Crippen LogP contribution in [0.4, 0.5) is 18.0 Å². The fourth-order valence-corrected chi connectivity index (χ4v) is 2.38. The fraction of sp³-hybridized carbons (Fsp3) is 0.526. The highest BCUT2D eigenvalue weighted by Crippen LogP contribution is 2.29. The molecule has 0 aliphatic carbocycles. The standard InChI is InChI=1S/C19H25F3N2O5/c1-18(2,3)29-17(28)24-14(15(25)10-13(23)16(26)27)9-6-11-4-7-12(8-5-11)19(20,21)22/h4-5,7-8,13-14H,6,9-10,23H2,1-3H3,(H,24,28)(H,26,27)/t13-,14?/m0/s1. The number of ketones is 1. The van der Waals surface area contributed by atoms with Gasteiger partial charge in [-0.3, -0.25) is 9.59 Å². The van der Waals surface area contributed by atoms with Gasteiger partial charge in [0.05, 0.1) is 11.6 Å². The molecule has 1 amide bonds. The summed E-state index contributed by atoms with van der Waals surface area (Å²) >= 11 is 0. The number of carbonyl (C=O) groups excluding carboxylic acids is 2. The monoisotopic (exact) mass is 418 g/mol. The van der Waals surface area contributed by atoms with Crippen LogP contribution in [-0.4, -0.2) is 40.6 Å². The Balaban J connectivity index is 2.85. The maximum atomic E-state index is 12.6. The number of alkyl halides is 3. The number of nitrogens with two attached hydrogens (primary N) is 1. The molecule has 7 nitrogen and oxygen atoms in total. The van der Waals surface area contributed by atoms with E-state index in [4.69, 9.17) is 15.6 Å². The number of Topliss-reactive ketones (excluding diaryl/α,β-unsaturated/α-hetero) is 1. The van der Waals surface area contributed by atoms with Gasteiger partial charge in [0, 0.05) is 6.42 Å². The number of hydrogen-bond donors (Lipinski definition) is 3. The van der Waals surface area contributed by atoms with Gasteiger partial charge in [0.25, 0.3) is 0 Å². The first-order valence-electron chi connectivity index (χ1n) is 8.86. The van der Waals surface area contributed by atoms with Crippen LogP contribution in [0.25, 0.3) is 0 Å². The normalized spacial score (nSPS) is 14.0. The summed E-state index contributed by atoms with van der Waals surface area (Å²) in [4.78, 5) is 35.3. The van der Waals surface area contributed by atoms with Crippen molar-refractivity contribution in [3.63, 3.8) is 0 Å². The van der Waals surface area contributed by atoms with Gasteiger partial charge in [-0.2, -0.15) is 13.2 Å². The first-order valence-corrected chi connectivity index (χ1v) is 8.86. The van der Waals surface area contributed by atoms with Crippen LogP contribution in [0.5, 0.6) is 0 Å². The third-order valence-corrected chi connectivity index (χ3v) is 3.82. The second-order valence-electron chi connectivity index (χ2n) is 7.55. The lowest BCUT2D eigenvalue weighted by Crippen LogP contribution is -2.46. The number of halogens is 3. The average molecular weight is 418 g/mol. The summed E-state index contributed by atoms with van der Waals surface area (Å²) in [6.07, 6.45) is -5.62. The van der Waals surface area contributed by atoms with E-state index in [-0.39, 0.29) is 12.8 Å². The number of alkyl carbamates (subject to hydrolysis) is 1. The van der Waals surface area contributed by atoms with E-state index in [2.05, 4.69) is 5.32 Å². The molecular weight excluding hydrogens is 393 g/mol. The zero-order valence-corrected chi connectivity index (χ0v) is 16.4. The van der Waals surface area contributed by atoms with Crippen molar-refractivity contribution in [3.05, 3.63) is 35.4 Å². The van der Waals surface area contributed by atoms with Crippen molar-refractivity contribution in [1.29, 1.82) is 0 Å². The number of amides is 1. The van der Waals surface area contributed by atoms with Crippen LogP contribution < -0.4 is 11.1 Å². The van der Waals surface area contributed by atoms with Gasteiger partial charge in [-0.1, -0.05) is 12.1 Å². The molecule has 0 saturated carbocycles. The Morgan fingerprint density at radius 3 is 2.14 bits per heavy atom. The molecule has 1 rings (SSSR count). The van der Waals surface area contributed by atoms with Gasteiger partial charge in [-0.15, -0.1) is 0 Å². The third kappa shape index (κ3) is 8.95. The lowest BCUT2D eigenvalue weighted by Gasteiger charge is -2.23. The molecule has 0 fully saturated rings. The number of rotatable bonds is 8. The molecule has 0 heterocycles. The molecule has 0 aliphatic rings. The smallest absolute Gasteiger partial charge is 0.416 e. The summed E-state index contributed by atoms with van der Waals surface area (Å²) < 4.78 is 43.0. The Kier molecular flexibility index (Phi) is 8.19. The highest BCUT2D eigenvalue weighted by Gasteiger charge is 2.30. The Bertz CT molecular complexity index is 727. The molecule has 1 unspecified atom stereocenters. The minimum atomic E-state index is -4.46. The van der Waals surface area contributed by atoms with E-state index in [0.717, 1.165) is 12.1 Å². The van der Waals surface area contributed by atoms with Gasteiger partial charge in [0.1, 0.15) is 11.6 Å². The van der Waals surface area contributed by atoms with E-state index in [1.54, 1.807) is 20.8 Å². The maximum Gasteiger partial charge on any atom is 0.416 e. The topological polar surface area (TPSA) is 119 Å². The molecule has 162 valence electrons. The van der Waals surface area contributed by atoms with Crippen molar-refractivity contribution >= 4 is 17.8 Å². The van der Waals surface area contributed by atoms with Crippen LogP contribution in [0.15, 0.2) is 24.3 Å². The molecule has 0 aliphatic heterocycles. The predicted molar refractivity (Wildman–Crippen MR) is 98.2 cm³/mol. The van der Waals surface area contributed by atoms with Crippen molar-refractivity contribution in [3.8, 4) is 0 Å². The van der Waals surface area contributed by atoms with Crippen molar-refractivity contribution in [2.45, 2.75) is 63.9 Å². The lowest BCUT2D eigenvalue weighted by atomic mass is 9.98. The molecular formula is C19H25F3N2O5. The van der Waals surface area contributed by atoms with E-state index >= 15 is 0 Å². The molecule has 10 heteroatoms. The summed E-state index contributed by atoms with van der Waals surface area (Å²) in [6, 6.07) is 1.87. The Labute approximate surface area is 166 Å². The molecule has 29 heavy (non-hydrogen) atoms. The molecule has 1 aromatic rings. The average Bonchev–Trinajstić information content (AvgIpc) is 2.56. The number of carboxylic acid groups (broad SMARTS) is 1. The van der Waals surface area contributed by atoms with Gasteiger partial charge in [-0.05, 0) is 51.3 Å². The number of carbonyl (C=O) groups is 3. The molecule has 4 N–H and O–H groups in total. The minimum Gasteiger partial charge on any atom is -0.480 e. The van der Waals surface area contributed by atoms with Gasteiger partial charge < -0.3 is 20.9 Å². The van der Waals surface area contributed by atoms with E-state index in [1.165, 1.54) is 12.1 Å². The van der Waals surface area contributed by atoms with E-state index in [0.29, 0.717) is 5.56 Å². The predicted octanol–water partition coefficient (Wildman–Crippen LogP) is 2.90. The number of carboxylic acids is 1. The summed E-state index contributed by atoms with van der Waals surface area (Å²) in [6.45, 7) is 4.89. The highest BCUT2D eigenvalue weighted by atomic mass is 19.4. The van der Waals surface area contributed by atoms with E-state index in [1.807, 2.05) is 0 Å². The van der Waals surface area contributed by atoms with Crippen molar-refractivity contribution in [1.82, 2.24) is 5.32 Å². The van der Waals surface area contributed by atoms with Crippen molar-refractivity contribution in [2.24, 2.45) is 5.73 Å². The largest absolute Gasteiger partial charge is 0.480 e. The van der Waals surface area contributed by atoms with Crippen LogP contribution in [-0.2, 0) is 26.9 Å². The zero-order chi connectivity index (χ0) is 22.4. The van der Waals surface area contributed by atoms with Crippen molar-refractivity contribution < 1.29 is 37.4 Å². The molecule has 1 aromatic carbocycles.